The van der Waals surface area contributed by atoms with Gasteiger partial charge in [-0.05, 0) is 24.1 Å². The molecule has 0 saturated carbocycles. The van der Waals surface area contributed by atoms with Gasteiger partial charge in [0.1, 0.15) is 11.6 Å². The number of hydrogen-bond acceptors (Lipinski definition) is 3. The lowest BCUT2D eigenvalue weighted by atomic mass is 10.0. The molecule has 1 N–H and O–H groups in total. The molecule has 23 heavy (non-hydrogen) atoms. The Kier molecular flexibility index (Phi) is 4.04. The molecule has 2 heterocycles. The zero-order valence-corrected chi connectivity index (χ0v) is 11.9. The van der Waals surface area contributed by atoms with Gasteiger partial charge in [0, 0.05) is 12.6 Å². The fourth-order valence-corrected chi connectivity index (χ4v) is 2.75. The molecule has 1 fully saturated rings. The predicted octanol–water partition coefficient (Wildman–Crippen LogP) is 2.45. The van der Waals surface area contributed by atoms with Gasteiger partial charge in [-0.25, -0.2) is 18.2 Å². The average Bonchev–Trinajstić information content (AvgIpc) is 2.89. The van der Waals surface area contributed by atoms with Crippen LogP contribution < -0.4 is 0 Å². The number of halogens is 3. The summed E-state index contributed by atoms with van der Waals surface area (Å²) in [6.07, 6.45) is 0.230. The first-order valence-corrected chi connectivity index (χ1v) is 7.01. The highest BCUT2D eigenvalue weighted by Crippen LogP contribution is 2.33. The van der Waals surface area contributed by atoms with E-state index < -0.39 is 41.2 Å². The van der Waals surface area contributed by atoms with Crippen molar-refractivity contribution in [1.29, 1.82) is 0 Å². The molecule has 0 radical (unpaired) electrons. The quantitative estimate of drug-likeness (QED) is 0.924. The molecule has 1 aromatic heterocycles. The van der Waals surface area contributed by atoms with Crippen molar-refractivity contribution in [3.63, 3.8) is 0 Å². The number of nitrogens with zero attached hydrogens (tertiary/aromatic N) is 2. The third-order valence-electron chi connectivity index (χ3n) is 3.81. The smallest absolute Gasteiger partial charge is 0.276 e. The lowest BCUT2D eigenvalue weighted by Gasteiger charge is -2.24. The SMILES string of the molecule is O=C(c1ncc(F)cc1F)N1CC(O)CC1c1ccc(F)cc1. The first kappa shape index (κ1) is 15.5. The molecule has 0 spiro atoms. The van der Waals surface area contributed by atoms with Crippen LogP contribution in [-0.4, -0.2) is 33.5 Å². The van der Waals surface area contributed by atoms with Crippen molar-refractivity contribution in [3.8, 4) is 0 Å². The Morgan fingerprint density at radius 3 is 2.52 bits per heavy atom. The van der Waals surface area contributed by atoms with Crippen molar-refractivity contribution in [3.05, 3.63) is 65.2 Å². The van der Waals surface area contributed by atoms with E-state index >= 15 is 0 Å². The van der Waals surface area contributed by atoms with Crippen LogP contribution in [0.2, 0.25) is 0 Å². The monoisotopic (exact) mass is 322 g/mol. The number of likely N-dealkylation sites (tertiary alicyclic amines) is 1. The number of β-amino-alcohol motifs (C(OH)–C–C–N with tert-alkyl or cyclic N) is 1. The molecule has 2 unspecified atom stereocenters. The van der Waals surface area contributed by atoms with Crippen LogP contribution in [0.15, 0.2) is 36.5 Å². The van der Waals surface area contributed by atoms with Gasteiger partial charge in [0.05, 0.1) is 18.3 Å². The summed E-state index contributed by atoms with van der Waals surface area (Å²) in [6, 6.07) is 5.57. The second kappa shape index (κ2) is 6.00. The molecule has 1 aliphatic heterocycles. The van der Waals surface area contributed by atoms with Crippen molar-refractivity contribution < 1.29 is 23.1 Å². The fourth-order valence-electron chi connectivity index (χ4n) is 2.75. The van der Waals surface area contributed by atoms with Gasteiger partial charge in [-0.1, -0.05) is 12.1 Å². The maximum atomic E-state index is 13.8. The third-order valence-corrected chi connectivity index (χ3v) is 3.81. The van der Waals surface area contributed by atoms with Crippen LogP contribution in [0, 0.1) is 17.5 Å². The number of rotatable bonds is 2. The first-order chi connectivity index (χ1) is 11.0. The number of aliphatic hydroxyl groups is 1. The second-order valence-corrected chi connectivity index (χ2v) is 5.40. The van der Waals surface area contributed by atoms with Crippen molar-refractivity contribution in [1.82, 2.24) is 9.88 Å². The lowest BCUT2D eigenvalue weighted by Crippen LogP contribution is -2.33. The van der Waals surface area contributed by atoms with E-state index in [-0.39, 0.29) is 13.0 Å². The van der Waals surface area contributed by atoms with Gasteiger partial charge in [0.15, 0.2) is 11.5 Å². The summed E-state index contributed by atoms with van der Waals surface area (Å²) in [7, 11) is 0. The van der Waals surface area contributed by atoms with Crippen molar-refractivity contribution in [2.24, 2.45) is 0 Å². The minimum atomic E-state index is -1.06. The van der Waals surface area contributed by atoms with Gasteiger partial charge in [-0.15, -0.1) is 0 Å². The number of hydrogen-bond donors (Lipinski definition) is 1. The summed E-state index contributed by atoms with van der Waals surface area (Å²) >= 11 is 0. The van der Waals surface area contributed by atoms with Crippen LogP contribution in [0.5, 0.6) is 0 Å². The molecular weight excluding hydrogens is 309 g/mol. The van der Waals surface area contributed by atoms with Crippen molar-refractivity contribution in [2.75, 3.05) is 6.54 Å². The van der Waals surface area contributed by atoms with Crippen molar-refractivity contribution >= 4 is 5.91 Å². The summed E-state index contributed by atoms with van der Waals surface area (Å²) in [5.74, 6) is -3.10. The van der Waals surface area contributed by atoms with E-state index in [2.05, 4.69) is 4.98 Å². The van der Waals surface area contributed by atoms with Gasteiger partial charge in [0.2, 0.25) is 0 Å². The fraction of sp³-hybridized carbons (Fsp3) is 0.250. The summed E-state index contributed by atoms with van der Waals surface area (Å²) in [4.78, 5) is 17.3. The van der Waals surface area contributed by atoms with Gasteiger partial charge in [0.25, 0.3) is 5.91 Å². The van der Waals surface area contributed by atoms with E-state index in [0.717, 1.165) is 6.20 Å². The molecule has 2 atom stereocenters. The molecule has 1 amide bonds. The van der Waals surface area contributed by atoms with E-state index in [1.807, 2.05) is 0 Å². The Hall–Kier alpha value is -2.41. The molecule has 7 heteroatoms. The Labute approximate surface area is 130 Å². The molecule has 0 bridgehead atoms. The van der Waals surface area contributed by atoms with E-state index in [9.17, 15) is 23.1 Å². The van der Waals surface area contributed by atoms with Crippen LogP contribution in [0.4, 0.5) is 13.2 Å². The number of benzene rings is 1. The third kappa shape index (κ3) is 3.05. The Bertz CT molecular complexity index is 737. The molecule has 0 aliphatic carbocycles. The van der Waals surface area contributed by atoms with Crippen LogP contribution in [0.25, 0.3) is 0 Å². The van der Waals surface area contributed by atoms with Gasteiger partial charge in [-0.2, -0.15) is 0 Å². The molecule has 1 aromatic carbocycles. The Morgan fingerprint density at radius 1 is 1.17 bits per heavy atom. The molecular formula is C16H13F3N2O2. The number of aromatic nitrogens is 1. The maximum absolute atomic E-state index is 13.8. The van der Waals surface area contributed by atoms with Crippen LogP contribution in [-0.2, 0) is 0 Å². The van der Waals surface area contributed by atoms with E-state index in [1.165, 1.54) is 29.2 Å². The molecule has 120 valence electrons. The number of pyridine rings is 1. The van der Waals surface area contributed by atoms with Crippen molar-refractivity contribution in [2.45, 2.75) is 18.6 Å². The van der Waals surface area contributed by atoms with Gasteiger partial charge in [-0.3, -0.25) is 4.79 Å². The molecule has 4 nitrogen and oxygen atoms in total. The highest BCUT2D eigenvalue weighted by Gasteiger charge is 2.37. The lowest BCUT2D eigenvalue weighted by molar-refractivity contribution is 0.0704. The summed E-state index contributed by atoms with van der Waals surface area (Å²) in [5, 5.41) is 9.85. The topological polar surface area (TPSA) is 53.4 Å². The second-order valence-electron chi connectivity index (χ2n) is 5.40. The minimum Gasteiger partial charge on any atom is -0.391 e. The first-order valence-electron chi connectivity index (χ1n) is 7.01. The average molecular weight is 322 g/mol. The van der Waals surface area contributed by atoms with Crippen LogP contribution in [0.3, 0.4) is 0 Å². The van der Waals surface area contributed by atoms with Crippen LogP contribution in [0.1, 0.15) is 28.5 Å². The van der Waals surface area contributed by atoms with E-state index in [4.69, 9.17) is 0 Å². The Balaban J connectivity index is 1.92. The van der Waals surface area contributed by atoms with E-state index in [1.54, 1.807) is 0 Å². The number of aliphatic hydroxyl groups excluding tert-OH is 1. The summed E-state index contributed by atoms with van der Waals surface area (Å²) in [5.41, 5.74) is 0.117. The largest absolute Gasteiger partial charge is 0.391 e. The molecule has 2 aromatic rings. The predicted molar refractivity (Wildman–Crippen MR) is 75.0 cm³/mol. The highest BCUT2D eigenvalue weighted by molar-refractivity contribution is 5.93. The zero-order chi connectivity index (χ0) is 16.6. The van der Waals surface area contributed by atoms with Gasteiger partial charge >= 0.3 is 0 Å². The molecule has 3 rings (SSSR count). The number of carbonyl (C=O) groups excluding carboxylic acids is 1. The standard InChI is InChI=1S/C16H13F3N2O2/c17-10-3-1-9(2-4-10)14-6-12(22)8-21(14)16(23)15-13(19)5-11(18)7-20-15/h1-5,7,12,14,22H,6,8H2. The van der Waals surface area contributed by atoms with Crippen LogP contribution >= 0.6 is 0 Å². The maximum Gasteiger partial charge on any atom is 0.276 e. The number of amides is 1. The van der Waals surface area contributed by atoms with E-state index in [0.29, 0.717) is 11.6 Å². The Morgan fingerprint density at radius 2 is 1.87 bits per heavy atom. The summed E-state index contributed by atoms with van der Waals surface area (Å²) in [6.45, 7) is -0.000622. The molecule has 1 saturated heterocycles. The molecule has 1 aliphatic rings. The highest BCUT2D eigenvalue weighted by atomic mass is 19.1. The normalized spacial score (nSPS) is 20.8. The van der Waals surface area contributed by atoms with Gasteiger partial charge < -0.3 is 10.0 Å². The minimum absolute atomic E-state index is 0.000622. The number of carbonyl (C=O) groups is 1. The zero-order valence-electron chi connectivity index (χ0n) is 11.9. The summed E-state index contributed by atoms with van der Waals surface area (Å²) < 4.78 is 39.7.